The molecule has 4 aliphatic rings. The maximum atomic E-state index is 14.5. The van der Waals surface area contributed by atoms with Gasteiger partial charge in [-0.25, -0.2) is 4.68 Å². The van der Waals surface area contributed by atoms with E-state index in [2.05, 4.69) is 10.3 Å². The van der Waals surface area contributed by atoms with E-state index in [1.54, 1.807) is 15.7 Å². The fourth-order valence-corrected chi connectivity index (χ4v) is 6.98. The lowest BCUT2D eigenvalue weighted by molar-refractivity contribution is -0.163. The second-order valence-corrected chi connectivity index (χ2v) is 11.0. The van der Waals surface area contributed by atoms with Crippen LogP contribution in [0.5, 0.6) is 0 Å². The van der Waals surface area contributed by atoms with Crippen molar-refractivity contribution in [3.63, 3.8) is 0 Å². The molecule has 6 rings (SSSR count). The van der Waals surface area contributed by atoms with E-state index in [1.165, 1.54) is 4.90 Å². The number of likely N-dealkylation sites (tertiary alicyclic amines) is 1. The predicted octanol–water partition coefficient (Wildman–Crippen LogP) is 1.81. The molecule has 2 amide bonds. The van der Waals surface area contributed by atoms with Gasteiger partial charge in [-0.15, -0.1) is 5.10 Å². The Kier molecular flexibility index (Phi) is 6.74. The van der Waals surface area contributed by atoms with Crippen LogP contribution in [-0.4, -0.2) is 90.7 Å². The molecule has 212 valence electrons. The molecule has 2 fully saturated rings. The van der Waals surface area contributed by atoms with Gasteiger partial charge in [0.05, 0.1) is 30.7 Å². The van der Waals surface area contributed by atoms with Crippen LogP contribution in [0, 0.1) is 11.8 Å². The van der Waals surface area contributed by atoms with E-state index in [0.717, 1.165) is 5.52 Å². The molecule has 1 aromatic heterocycles. The zero-order chi connectivity index (χ0) is 28.1. The van der Waals surface area contributed by atoms with Gasteiger partial charge >= 0.3 is 5.97 Å². The largest absolute Gasteiger partial charge is 0.465 e. The molecular formula is C29H35N5O6. The van der Waals surface area contributed by atoms with Crippen molar-refractivity contribution in [3.05, 3.63) is 48.6 Å². The number of nitrogens with zero attached hydrogens (tertiary/aromatic N) is 5. The van der Waals surface area contributed by atoms with E-state index in [1.807, 2.05) is 56.3 Å². The van der Waals surface area contributed by atoms with E-state index in [0.29, 0.717) is 31.2 Å². The van der Waals surface area contributed by atoms with Crippen LogP contribution in [0.1, 0.15) is 39.5 Å². The van der Waals surface area contributed by atoms with Crippen LogP contribution >= 0.6 is 0 Å². The second-order valence-electron chi connectivity index (χ2n) is 11.0. The molecule has 2 aromatic rings. The van der Waals surface area contributed by atoms with E-state index in [4.69, 9.17) is 9.47 Å². The fourth-order valence-electron chi connectivity index (χ4n) is 6.98. The standard InChI is InChI=1S/C29H35N5O6/c1-3-19(17-35)34-24-26(37)32(18-33-21-12-7-6-11-20(21)30-31-33)15-10-14-29(24)22(25(34)36)23-27(38)39-16-9-5-8-13-28(23,4-2)40-29/h6-8,10-14,19,22-24,35H,3-5,9,15-18H2,1-2H3/b13-8-/t19-,22-,23-,24?,28+,29-/m0/s1. The van der Waals surface area contributed by atoms with Crippen molar-refractivity contribution < 1.29 is 29.0 Å². The number of aliphatic hydroxyl groups excluding tert-OH is 1. The molecule has 1 spiro atoms. The number of benzene rings is 1. The number of para-hydroxylation sites is 1. The van der Waals surface area contributed by atoms with Crippen LogP contribution in [0.4, 0.5) is 0 Å². The number of hydrogen-bond acceptors (Lipinski definition) is 8. The zero-order valence-electron chi connectivity index (χ0n) is 22.8. The Morgan fingerprint density at radius 2 is 1.93 bits per heavy atom. The van der Waals surface area contributed by atoms with Gasteiger partial charge in [0.15, 0.2) is 0 Å². The molecule has 0 aliphatic carbocycles. The fraction of sp³-hybridized carbons (Fsp3) is 0.552. The highest BCUT2D eigenvalue weighted by atomic mass is 16.6. The quantitative estimate of drug-likeness (QED) is 0.427. The van der Waals surface area contributed by atoms with Crippen molar-refractivity contribution in [2.75, 3.05) is 19.8 Å². The second kappa shape index (κ2) is 10.1. The molecule has 11 heteroatoms. The Balaban J connectivity index is 1.47. The maximum absolute atomic E-state index is 14.5. The van der Waals surface area contributed by atoms with Gasteiger partial charge in [-0.05, 0) is 37.8 Å². The predicted molar refractivity (Wildman–Crippen MR) is 143 cm³/mol. The number of ether oxygens (including phenoxy) is 2. The lowest BCUT2D eigenvalue weighted by Gasteiger charge is -2.40. The lowest BCUT2D eigenvalue weighted by atomic mass is 9.73. The van der Waals surface area contributed by atoms with Gasteiger partial charge in [0.1, 0.15) is 35.3 Å². The van der Waals surface area contributed by atoms with Gasteiger partial charge < -0.3 is 24.4 Å². The van der Waals surface area contributed by atoms with Crippen LogP contribution < -0.4 is 0 Å². The average molecular weight is 550 g/mol. The molecule has 11 nitrogen and oxygen atoms in total. The van der Waals surface area contributed by atoms with Crippen LogP contribution in [0.15, 0.2) is 48.6 Å². The average Bonchev–Trinajstić information content (AvgIpc) is 3.55. The Bertz CT molecular complexity index is 1380. The summed E-state index contributed by atoms with van der Waals surface area (Å²) in [6.07, 6.45) is 9.78. The third-order valence-electron chi connectivity index (χ3n) is 8.95. The molecule has 6 atom stereocenters. The van der Waals surface area contributed by atoms with Crippen molar-refractivity contribution in [1.29, 1.82) is 0 Å². The zero-order valence-corrected chi connectivity index (χ0v) is 22.8. The Morgan fingerprint density at radius 1 is 1.10 bits per heavy atom. The number of hydrogen-bond donors (Lipinski definition) is 1. The van der Waals surface area contributed by atoms with Gasteiger partial charge in [0, 0.05) is 6.54 Å². The third kappa shape index (κ3) is 3.81. The highest BCUT2D eigenvalue weighted by molar-refractivity contribution is 5.99. The minimum absolute atomic E-state index is 0.114. The van der Waals surface area contributed by atoms with E-state index in [9.17, 15) is 19.5 Å². The molecular weight excluding hydrogens is 514 g/mol. The summed E-state index contributed by atoms with van der Waals surface area (Å²) in [5.74, 6) is -3.09. The van der Waals surface area contributed by atoms with Crippen LogP contribution in [0.3, 0.4) is 0 Å². The number of aromatic nitrogens is 3. The summed E-state index contributed by atoms with van der Waals surface area (Å²) in [4.78, 5) is 45.6. The van der Waals surface area contributed by atoms with Crippen LogP contribution in [0.25, 0.3) is 11.0 Å². The van der Waals surface area contributed by atoms with Crippen molar-refractivity contribution in [3.8, 4) is 0 Å². The van der Waals surface area contributed by atoms with Gasteiger partial charge in [0.25, 0.3) is 5.91 Å². The highest BCUT2D eigenvalue weighted by Crippen LogP contribution is 2.58. The number of fused-ring (bicyclic) bond motifs is 3. The maximum Gasteiger partial charge on any atom is 0.313 e. The van der Waals surface area contributed by atoms with Crippen LogP contribution in [0.2, 0.25) is 0 Å². The summed E-state index contributed by atoms with van der Waals surface area (Å²) in [6.45, 7) is 4.08. The number of amides is 2. The first kappa shape index (κ1) is 26.6. The summed E-state index contributed by atoms with van der Waals surface area (Å²) in [5, 5.41) is 18.8. The molecule has 5 heterocycles. The summed E-state index contributed by atoms with van der Waals surface area (Å²) in [6, 6.07) is 5.80. The molecule has 40 heavy (non-hydrogen) atoms. The number of cyclic esters (lactones) is 1. The lowest BCUT2D eigenvalue weighted by Crippen LogP contribution is -2.59. The summed E-state index contributed by atoms with van der Waals surface area (Å²) < 4.78 is 14.2. The molecule has 4 aliphatic heterocycles. The minimum atomic E-state index is -1.40. The molecule has 0 bridgehead atoms. The van der Waals surface area contributed by atoms with E-state index in [-0.39, 0.29) is 38.2 Å². The number of allylic oxidation sites excluding steroid dienone is 1. The van der Waals surface area contributed by atoms with Gasteiger partial charge in [-0.1, -0.05) is 55.5 Å². The van der Waals surface area contributed by atoms with Gasteiger partial charge in [-0.2, -0.15) is 0 Å². The molecule has 0 radical (unpaired) electrons. The Hall–Kier alpha value is -3.57. The monoisotopic (exact) mass is 549 g/mol. The number of carbonyl (C=O) groups is 3. The van der Waals surface area contributed by atoms with Crippen molar-refractivity contribution >= 4 is 28.8 Å². The number of aliphatic hydroxyl groups is 1. The molecule has 1 unspecified atom stereocenters. The summed E-state index contributed by atoms with van der Waals surface area (Å²) in [5.41, 5.74) is -1.02. The number of carbonyl (C=O) groups excluding carboxylic acids is 3. The van der Waals surface area contributed by atoms with Crippen molar-refractivity contribution in [2.24, 2.45) is 11.8 Å². The van der Waals surface area contributed by atoms with Gasteiger partial charge in [0.2, 0.25) is 5.91 Å². The topological polar surface area (TPSA) is 127 Å². The first-order valence-electron chi connectivity index (χ1n) is 14.1. The van der Waals surface area contributed by atoms with Crippen LogP contribution in [-0.2, 0) is 30.5 Å². The molecule has 1 aromatic carbocycles. The summed E-state index contributed by atoms with van der Waals surface area (Å²) in [7, 11) is 0. The Labute approximate surface area is 232 Å². The first-order valence-corrected chi connectivity index (χ1v) is 14.1. The molecule has 0 saturated carbocycles. The minimum Gasteiger partial charge on any atom is -0.465 e. The van der Waals surface area contributed by atoms with Gasteiger partial charge in [-0.3, -0.25) is 14.4 Å². The smallest absolute Gasteiger partial charge is 0.313 e. The number of rotatable bonds is 6. The normalized spacial score (nSPS) is 33.5. The SMILES string of the molecule is CC[C@@H](CO)N1C(=O)[C@@H]2[C@H]3C(=O)OCCC/C=C\[C@@]3(CC)O[C@@]23C=CCN(Cn2nnc4ccccc42)C(=O)C13. The van der Waals surface area contributed by atoms with Crippen molar-refractivity contribution in [1.82, 2.24) is 24.8 Å². The van der Waals surface area contributed by atoms with E-state index >= 15 is 0 Å². The third-order valence-corrected chi connectivity index (χ3v) is 8.95. The van der Waals surface area contributed by atoms with E-state index < -0.39 is 41.1 Å². The molecule has 2 saturated heterocycles. The molecule has 1 N–H and O–H groups in total. The Morgan fingerprint density at radius 3 is 2.70 bits per heavy atom. The van der Waals surface area contributed by atoms with Crippen molar-refractivity contribution in [2.45, 2.75) is 69.5 Å². The first-order chi connectivity index (χ1) is 19.4. The summed E-state index contributed by atoms with van der Waals surface area (Å²) >= 11 is 0. The highest BCUT2D eigenvalue weighted by Gasteiger charge is 2.75. The number of esters is 1.